The first-order chi connectivity index (χ1) is 8.19. The smallest absolute Gasteiger partial charge is 0.133 e. The Hall–Kier alpha value is -0.580. The lowest BCUT2D eigenvalue weighted by Crippen LogP contribution is -2.17. The Morgan fingerprint density at radius 3 is 2.82 bits per heavy atom. The number of benzene rings is 1. The molecule has 17 heavy (non-hydrogen) atoms. The molecule has 1 aromatic rings. The first kappa shape index (κ1) is 12.9. The standard InChI is InChI=1S/C13H18BrNO2/c1-16-13-5-2-9(6-12(13)14)8-17-11-4-3-10(15)7-11/h2,5-6,10-11H,3-4,7-8,15H2,1H3. The zero-order valence-corrected chi connectivity index (χ0v) is 11.6. The maximum atomic E-state index is 5.85. The van der Waals surface area contributed by atoms with Crippen molar-refractivity contribution in [3.05, 3.63) is 28.2 Å². The number of ether oxygens (including phenoxy) is 2. The molecule has 1 aromatic carbocycles. The van der Waals surface area contributed by atoms with Crippen molar-refractivity contribution in [2.24, 2.45) is 5.73 Å². The summed E-state index contributed by atoms with van der Waals surface area (Å²) in [6.07, 6.45) is 3.47. The number of methoxy groups -OCH3 is 1. The van der Waals surface area contributed by atoms with Crippen LogP contribution in [0.4, 0.5) is 0 Å². The van der Waals surface area contributed by atoms with Crippen LogP contribution in [0, 0.1) is 0 Å². The molecule has 1 aliphatic rings. The van der Waals surface area contributed by atoms with Crippen molar-refractivity contribution in [3.8, 4) is 5.75 Å². The minimum atomic E-state index is 0.322. The first-order valence-electron chi connectivity index (χ1n) is 5.88. The van der Waals surface area contributed by atoms with Gasteiger partial charge in [-0.15, -0.1) is 0 Å². The Morgan fingerprint density at radius 2 is 2.24 bits per heavy atom. The summed E-state index contributed by atoms with van der Waals surface area (Å²) in [6.45, 7) is 0.639. The van der Waals surface area contributed by atoms with E-state index in [1.807, 2.05) is 18.2 Å². The van der Waals surface area contributed by atoms with Gasteiger partial charge in [0.1, 0.15) is 5.75 Å². The Labute approximate surface area is 110 Å². The lowest BCUT2D eigenvalue weighted by molar-refractivity contribution is 0.0448. The van der Waals surface area contributed by atoms with Gasteiger partial charge in [0.05, 0.1) is 24.3 Å². The van der Waals surface area contributed by atoms with Crippen LogP contribution in [0.25, 0.3) is 0 Å². The second-order valence-corrected chi connectivity index (χ2v) is 5.33. The molecule has 0 bridgehead atoms. The van der Waals surface area contributed by atoms with Gasteiger partial charge >= 0.3 is 0 Å². The van der Waals surface area contributed by atoms with E-state index in [0.29, 0.717) is 18.8 Å². The quantitative estimate of drug-likeness (QED) is 0.930. The van der Waals surface area contributed by atoms with E-state index < -0.39 is 0 Å². The third-order valence-corrected chi connectivity index (χ3v) is 3.75. The van der Waals surface area contributed by atoms with Crippen LogP contribution in [0.2, 0.25) is 0 Å². The van der Waals surface area contributed by atoms with Crippen molar-refractivity contribution in [2.45, 2.75) is 38.0 Å². The topological polar surface area (TPSA) is 44.5 Å². The van der Waals surface area contributed by atoms with Gasteiger partial charge in [-0.05, 0) is 52.9 Å². The molecule has 2 unspecified atom stereocenters. The van der Waals surface area contributed by atoms with Gasteiger partial charge in [0.25, 0.3) is 0 Å². The van der Waals surface area contributed by atoms with Crippen LogP contribution in [-0.2, 0) is 11.3 Å². The lowest BCUT2D eigenvalue weighted by atomic mass is 10.2. The van der Waals surface area contributed by atoms with E-state index in [4.69, 9.17) is 15.2 Å². The predicted octanol–water partition coefficient (Wildman–Crippen LogP) is 2.85. The highest BCUT2D eigenvalue weighted by atomic mass is 79.9. The molecule has 1 aliphatic carbocycles. The van der Waals surface area contributed by atoms with Crippen molar-refractivity contribution < 1.29 is 9.47 Å². The highest BCUT2D eigenvalue weighted by Gasteiger charge is 2.22. The van der Waals surface area contributed by atoms with E-state index >= 15 is 0 Å². The fourth-order valence-electron chi connectivity index (χ4n) is 2.14. The van der Waals surface area contributed by atoms with Gasteiger partial charge in [0.15, 0.2) is 0 Å². The van der Waals surface area contributed by atoms with Gasteiger partial charge < -0.3 is 15.2 Å². The number of rotatable bonds is 4. The third kappa shape index (κ3) is 3.44. The maximum Gasteiger partial charge on any atom is 0.133 e. The third-order valence-electron chi connectivity index (χ3n) is 3.13. The van der Waals surface area contributed by atoms with Crippen LogP contribution in [0.5, 0.6) is 5.75 Å². The molecule has 2 N–H and O–H groups in total. The van der Waals surface area contributed by atoms with Crippen molar-refractivity contribution in [2.75, 3.05) is 7.11 Å². The zero-order valence-electron chi connectivity index (χ0n) is 9.99. The fraction of sp³-hybridized carbons (Fsp3) is 0.538. The minimum absolute atomic E-state index is 0.322. The summed E-state index contributed by atoms with van der Waals surface area (Å²) in [4.78, 5) is 0. The molecular weight excluding hydrogens is 282 g/mol. The van der Waals surface area contributed by atoms with Crippen LogP contribution in [0.3, 0.4) is 0 Å². The number of hydrogen-bond acceptors (Lipinski definition) is 3. The lowest BCUT2D eigenvalue weighted by Gasteiger charge is -2.12. The average Bonchev–Trinajstić information content (AvgIpc) is 2.73. The fourth-order valence-corrected chi connectivity index (χ4v) is 2.73. The molecular formula is C13H18BrNO2. The zero-order chi connectivity index (χ0) is 12.3. The first-order valence-corrected chi connectivity index (χ1v) is 6.68. The highest BCUT2D eigenvalue weighted by Crippen LogP contribution is 2.27. The Morgan fingerprint density at radius 1 is 1.41 bits per heavy atom. The summed E-state index contributed by atoms with van der Waals surface area (Å²) >= 11 is 3.47. The molecule has 0 aromatic heterocycles. The Kier molecular flexibility index (Phi) is 4.42. The van der Waals surface area contributed by atoms with E-state index in [0.717, 1.165) is 35.0 Å². The van der Waals surface area contributed by atoms with Gasteiger partial charge in [-0.3, -0.25) is 0 Å². The molecule has 3 nitrogen and oxygen atoms in total. The number of halogens is 1. The summed E-state index contributed by atoms with van der Waals surface area (Å²) in [7, 11) is 1.66. The van der Waals surface area contributed by atoms with Crippen molar-refractivity contribution in [1.82, 2.24) is 0 Å². The predicted molar refractivity (Wildman–Crippen MR) is 71.1 cm³/mol. The summed E-state index contributed by atoms with van der Waals surface area (Å²) in [5, 5.41) is 0. The molecule has 0 saturated heterocycles. The summed E-state index contributed by atoms with van der Waals surface area (Å²) in [5.74, 6) is 0.844. The second kappa shape index (κ2) is 5.85. The molecule has 94 valence electrons. The Bertz CT molecular complexity index is 384. The monoisotopic (exact) mass is 299 g/mol. The summed E-state index contributed by atoms with van der Waals surface area (Å²) < 4.78 is 12.0. The maximum absolute atomic E-state index is 5.85. The van der Waals surface area contributed by atoms with E-state index in [9.17, 15) is 0 Å². The molecule has 0 radical (unpaired) electrons. The van der Waals surface area contributed by atoms with E-state index in [2.05, 4.69) is 15.9 Å². The number of nitrogens with two attached hydrogens (primary N) is 1. The van der Waals surface area contributed by atoms with Gasteiger partial charge in [-0.2, -0.15) is 0 Å². The largest absolute Gasteiger partial charge is 0.496 e. The molecule has 0 aliphatic heterocycles. The molecule has 4 heteroatoms. The molecule has 1 saturated carbocycles. The van der Waals surface area contributed by atoms with Gasteiger partial charge in [0.2, 0.25) is 0 Å². The normalized spacial score (nSPS) is 23.9. The SMILES string of the molecule is COc1ccc(COC2CCC(N)C2)cc1Br. The molecule has 2 rings (SSSR count). The summed E-state index contributed by atoms with van der Waals surface area (Å²) in [5.41, 5.74) is 7.00. The average molecular weight is 300 g/mol. The highest BCUT2D eigenvalue weighted by molar-refractivity contribution is 9.10. The molecule has 1 fully saturated rings. The van der Waals surface area contributed by atoms with E-state index in [1.165, 1.54) is 0 Å². The van der Waals surface area contributed by atoms with E-state index in [-0.39, 0.29) is 0 Å². The molecule has 0 heterocycles. The van der Waals surface area contributed by atoms with Gasteiger partial charge in [0, 0.05) is 6.04 Å². The van der Waals surface area contributed by atoms with Gasteiger partial charge in [-0.1, -0.05) is 6.07 Å². The number of hydrogen-bond donors (Lipinski definition) is 1. The van der Waals surface area contributed by atoms with Crippen LogP contribution in [0.15, 0.2) is 22.7 Å². The van der Waals surface area contributed by atoms with Crippen LogP contribution >= 0.6 is 15.9 Å². The van der Waals surface area contributed by atoms with Crippen molar-refractivity contribution in [3.63, 3.8) is 0 Å². The van der Waals surface area contributed by atoms with Crippen molar-refractivity contribution in [1.29, 1.82) is 0 Å². The van der Waals surface area contributed by atoms with Crippen LogP contribution in [-0.4, -0.2) is 19.3 Å². The second-order valence-electron chi connectivity index (χ2n) is 4.48. The molecule has 0 amide bonds. The minimum Gasteiger partial charge on any atom is -0.496 e. The van der Waals surface area contributed by atoms with Crippen LogP contribution in [0.1, 0.15) is 24.8 Å². The van der Waals surface area contributed by atoms with Crippen LogP contribution < -0.4 is 10.5 Å². The summed E-state index contributed by atoms with van der Waals surface area (Å²) in [6, 6.07) is 6.33. The van der Waals surface area contributed by atoms with E-state index in [1.54, 1.807) is 7.11 Å². The Balaban J connectivity index is 1.88. The molecule has 2 atom stereocenters. The van der Waals surface area contributed by atoms with Gasteiger partial charge in [-0.25, -0.2) is 0 Å². The molecule has 0 spiro atoms. The van der Waals surface area contributed by atoms with Crippen molar-refractivity contribution >= 4 is 15.9 Å².